The lowest BCUT2D eigenvalue weighted by molar-refractivity contribution is 0.465. The Morgan fingerprint density at radius 2 is 2.10 bits per heavy atom. The van der Waals surface area contributed by atoms with Gasteiger partial charge in [0.15, 0.2) is 15.6 Å². The Hall–Kier alpha value is -2.09. The minimum Gasteiger partial charge on any atom is -0.504 e. The molecule has 0 bridgehead atoms. The van der Waals surface area contributed by atoms with Crippen LogP contribution in [0.25, 0.3) is 0 Å². The fourth-order valence-electron chi connectivity index (χ4n) is 1.78. The second-order valence-corrected chi connectivity index (χ2v) is 6.61. The Bertz CT molecular complexity index is 707. The van der Waals surface area contributed by atoms with Gasteiger partial charge in [-0.25, -0.2) is 13.4 Å². The van der Waals surface area contributed by atoms with Gasteiger partial charge in [-0.15, -0.1) is 0 Å². The first-order valence-corrected chi connectivity index (χ1v) is 7.81. The predicted octanol–water partition coefficient (Wildman–Crippen LogP) is 1.10. The summed E-state index contributed by atoms with van der Waals surface area (Å²) in [7, 11) is -1.53. The van der Waals surface area contributed by atoms with Crippen LogP contribution in [0.5, 0.6) is 5.75 Å². The third kappa shape index (κ3) is 3.08. The molecule has 2 rings (SSSR count). The molecule has 0 saturated carbocycles. The van der Waals surface area contributed by atoms with E-state index in [1.165, 1.54) is 23.1 Å². The van der Waals surface area contributed by atoms with Gasteiger partial charge in [0.1, 0.15) is 11.5 Å². The lowest BCUT2D eigenvalue weighted by Crippen LogP contribution is -2.09. The molecule has 0 aliphatic carbocycles. The number of hydrogen-bond donors (Lipinski definition) is 2. The summed E-state index contributed by atoms with van der Waals surface area (Å²) >= 11 is 0. The molecule has 0 aliphatic heterocycles. The number of nitrogens with zero attached hydrogens (tertiary/aromatic N) is 3. The van der Waals surface area contributed by atoms with E-state index in [0.717, 1.165) is 6.26 Å². The van der Waals surface area contributed by atoms with Crippen molar-refractivity contribution in [3.63, 3.8) is 0 Å². The van der Waals surface area contributed by atoms with E-state index in [4.69, 9.17) is 0 Å². The first-order chi connectivity index (χ1) is 9.27. The van der Waals surface area contributed by atoms with Crippen LogP contribution in [-0.4, -0.2) is 34.5 Å². The SMILES string of the molecule is CC(Nc1ccc(S(C)(=O)=O)cn1)c1nn(C)cc1O. The molecule has 0 saturated heterocycles. The van der Waals surface area contributed by atoms with Gasteiger partial charge in [0, 0.05) is 19.5 Å². The smallest absolute Gasteiger partial charge is 0.177 e. The van der Waals surface area contributed by atoms with E-state index in [9.17, 15) is 13.5 Å². The van der Waals surface area contributed by atoms with E-state index in [0.29, 0.717) is 11.5 Å². The highest BCUT2D eigenvalue weighted by Crippen LogP contribution is 2.24. The topological polar surface area (TPSA) is 97.1 Å². The van der Waals surface area contributed by atoms with Crippen molar-refractivity contribution >= 4 is 15.7 Å². The molecule has 7 nitrogen and oxygen atoms in total. The highest BCUT2D eigenvalue weighted by Gasteiger charge is 2.15. The monoisotopic (exact) mass is 296 g/mol. The van der Waals surface area contributed by atoms with Crippen LogP contribution >= 0.6 is 0 Å². The number of rotatable bonds is 4. The highest BCUT2D eigenvalue weighted by atomic mass is 32.2. The summed E-state index contributed by atoms with van der Waals surface area (Å²) in [5, 5.41) is 16.9. The summed E-state index contributed by atoms with van der Waals surface area (Å²) in [4.78, 5) is 4.20. The van der Waals surface area contributed by atoms with Crippen molar-refractivity contribution in [2.75, 3.05) is 11.6 Å². The summed E-state index contributed by atoms with van der Waals surface area (Å²) < 4.78 is 24.2. The fraction of sp³-hybridized carbons (Fsp3) is 0.333. The third-order valence-corrected chi connectivity index (χ3v) is 3.87. The average Bonchev–Trinajstić information content (AvgIpc) is 2.68. The number of aryl methyl sites for hydroxylation is 1. The molecule has 2 aromatic heterocycles. The largest absolute Gasteiger partial charge is 0.504 e. The molecule has 0 aliphatic rings. The molecule has 108 valence electrons. The lowest BCUT2D eigenvalue weighted by atomic mass is 10.2. The van der Waals surface area contributed by atoms with Crippen molar-refractivity contribution in [2.45, 2.75) is 17.9 Å². The van der Waals surface area contributed by atoms with Crippen molar-refractivity contribution in [2.24, 2.45) is 7.05 Å². The Kier molecular flexibility index (Phi) is 3.67. The summed E-state index contributed by atoms with van der Waals surface area (Å²) in [5.41, 5.74) is 0.501. The summed E-state index contributed by atoms with van der Waals surface area (Å²) in [6.45, 7) is 1.83. The van der Waals surface area contributed by atoms with Crippen LogP contribution in [0, 0.1) is 0 Å². The molecular weight excluding hydrogens is 280 g/mol. The first kappa shape index (κ1) is 14.3. The number of aromatic nitrogens is 3. The molecule has 8 heteroatoms. The molecule has 2 N–H and O–H groups in total. The van der Waals surface area contributed by atoms with Crippen molar-refractivity contribution in [1.29, 1.82) is 0 Å². The van der Waals surface area contributed by atoms with Gasteiger partial charge in [0.2, 0.25) is 0 Å². The van der Waals surface area contributed by atoms with E-state index in [-0.39, 0.29) is 16.7 Å². The van der Waals surface area contributed by atoms with Gasteiger partial charge >= 0.3 is 0 Å². The molecular formula is C12H16N4O3S. The van der Waals surface area contributed by atoms with Gasteiger partial charge in [-0.2, -0.15) is 5.10 Å². The average molecular weight is 296 g/mol. The molecule has 1 unspecified atom stereocenters. The third-order valence-electron chi connectivity index (χ3n) is 2.78. The fourth-order valence-corrected chi connectivity index (χ4v) is 2.34. The van der Waals surface area contributed by atoms with Gasteiger partial charge in [0.05, 0.1) is 17.1 Å². The zero-order chi connectivity index (χ0) is 14.9. The van der Waals surface area contributed by atoms with E-state index >= 15 is 0 Å². The lowest BCUT2D eigenvalue weighted by Gasteiger charge is -2.12. The van der Waals surface area contributed by atoms with E-state index in [2.05, 4.69) is 15.4 Å². The first-order valence-electron chi connectivity index (χ1n) is 5.92. The normalized spacial score (nSPS) is 13.2. The van der Waals surface area contributed by atoms with Crippen LogP contribution < -0.4 is 5.32 Å². The zero-order valence-electron chi connectivity index (χ0n) is 11.4. The van der Waals surface area contributed by atoms with Gasteiger partial charge in [-0.3, -0.25) is 4.68 Å². The molecule has 2 aromatic rings. The molecule has 2 heterocycles. The molecule has 20 heavy (non-hydrogen) atoms. The molecule has 0 aromatic carbocycles. The van der Waals surface area contributed by atoms with Crippen LogP contribution in [0.15, 0.2) is 29.4 Å². The van der Waals surface area contributed by atoms with Gasteiger partial charge < -0.3 is 10.4 Å². The second-order valence-electron chi connectivity index (χ2n) is 4.59. The number of hydrogen-bond acceptors (Lipinski definition) is 6. The van der Waals surface area contributed by atoms with Gasteiger partial charge in [-0.1, -0.05) is 0 Å². The number of nitrogens with one attached hydrogen (secondary N) is 1. The Morgan fingerprint density at radius 3 is 2.55 bits per heavy atom. The van der Waals surface area contributed by atoms with Crippen molar-refractivity contribution in [1.82, 2.24) is 14.8 Å². The number of aromatic hydroxyl groups is 1. The van der Waals surface area contributed by atoms with Gasteiger partial charge in [-0.05, 0) is 19.1 Å². The maximum atomic E-state index is 11.3. The quantitative estimate of drug-likeness (QED) is 0.877. The summed E-state index contributed by atoms with van der Waals surface area (Å²) in [5.74, 6) is 0.607. The Labute approximate surface area is 117 Å². The Morgan fingerprint density at radius 1 is 1.40 bits per heavy atom. The van der Waals surface area contributed by atoms with Crippen LogP contribution in [-0.2, 0) is 16.9 Å². The number of sulfone groups is 1. The van der Waals surface area contributed by atoms with Crippen molar-refractivity contribution in [3.05, 3.63) is 30.2 Å². The summed E-state index contributed by atoms with van der Waals surface area (Å²) in [6, 6.07) is 2.80. The maximum Gasteiger partial charge on any atom is 0.177 e. The molecule has 1 atom stereocenters. The van der Waals surface area contributed by atoms with Crippen LogP contribution in [0.2, 0.25) is 0 Å². The molecule has 0 amide bonds. The van der Waals surface area contributed by atoms with E-state index in [1.54, 1.807) is 13.1 Å². The number of pyridine rings is 1. The molecule has 0 radical (unpaired) electrons. The number of anilines is 1. The van der Waals surface area contributed by atoms with Crippen molar-refractivity contribution in [3.8, 4) is 5.75 Å². The minimum atomic E-state index is -3.25. The highest BCUT2D eigenvalue weighted by molar-refractivity contribution is 7.90. The molecule has 0 spiro atoms. The Balaban J connectivity index is 2.16. The van der Waals surface area contributed by atoms with E-state index < -0.39 is 9.84 Å². The minimum absolute atomic E-state index is 0.0975. The molecule has 0 fully saturated rings. The van der Waals surface area contributed by atoms with Crippen LogP contribution in [0.1, 0.15) is 18.7 Å². The summed E-state index contributed by atoms with van der Waals surface area (Å²) in [6.07, 6.45) is 3.93. The van der Waals surface area contributed by atoms with Crippen molar-refractivity contribution < 1.29 is 13.5 Å². The maximum absolute atomic E-state index is 11.3. The predicted molar refractivity (Wildman–Crippen MR) is 74.3 cm³/mol. The van der Waals surface area contributed by atoms with Crippen LogP contribution in [0.4, 0.5) is 5.82 Å². The second kappa shape index (κ2) is 5.12. The van der Waals surface area contributed by atoms with E-state index in [1.807, 2.05) is 6.92 Å². The zero-order valence-corrected chi connectivity index (χ0v) is 12.2. The van der Waals surface area contributed by atoms with Crippen LogP contribution in [0.3, 0.4) is 0 Å². The standard InChI is InChI=1S/C12H16N4O3S/c1-8(12-10(17)7-16(2)15-12)14-11-5-4-9(6-13-11)20(3,18)19/h4-8,17H,1-3H3,(H,13,14). The van der Waals surface area contributed by atoms with Gasteiger partial charge in [0.25, 0.3) is 0 Å².